The summed E-state index contributed by atoms with van der Waals surface area (Å²) in [5.74, 6) is 1.67. The molecule has 5 nitrogen and oxygen atoms in total. The number of nitrogens with one attached hydrogen (secondary N) is 1. The van der Waals surface area contributed by atoms with Crippen LogP contribution in [0.15, 0.2) is 91.3 Å². The third-order valence-corrected chi connectivity index (χ3v) is 5.35. The summed E-state index contributed by atoms with van der Waals surface area (Å²) in [5.41, 5.74) is 3.62. The van der Waals surface area contributed by atoms with Gasteiger partial charge in [-0.3, -0.25) is 0 Å². The highest BCUT2D eigenvalue weighted by Crippen LogP contribution is 2.37. The number of nitrogens with zero attached hydrogens (tertiary/aromatic N) is 3. The zero-order valence-electron chi connectivity index (χ0n) is 16.0. The summed E-state index contributed by atoms with van der Waals surface area (Å²) in [7, 11) is 0. The fraction of sp³-hybridized carbons (Fsp3) is 0.167. The lowest BCUT2D eigenvalue weighted by molar-refractivity contribution is 0.306. The number of hydrogen-bond acceptors (Lipinski definition) is 4. The van der Waals surface area contributed by atoms with E-state index in [0.717, 1.165) is 23.7 Å². The predicted octanol–water partition coefficient (Wildman–Crippen LogP) is 5.00. The van der Waals surface area contributed by atoms with Crippen LogP contribution in [0.25, 0.3) is 0 Å². The van der Waals surface area contributed by atoms with E-state index in [4.69, 9.17) is 4.74 Å². The standard InChI is InChI=1S/C24H22N4O/c1-3-7-18(8-4-1)16-29-21-13-11-20(12-14-21)23-15-22(19-9-5-2-6-10-19)27-24-25-17-26-28(23)24/h1-14,17,22-23H,15-16H2,(H,25,26,27). The number of benzene rings is 3. The number of anilines is 1. The highest BCUT2D eigenvalue weighted by atomic mass is 16.5. The Labute approximate surface area is 170 Å². The van der Waals surface area contributed by atoms with Gasteiger partial charge in [-0.25, -0.2) is 4.68 Å². The summed E-state index contributed by atoms with van der Waals surface area (Å²) >= 11 is 0. The van der Waals surface area contributed by atoms with Crippen molar-refractivity contribution in [2.45, 2.75) is 25.1 Å². The number of rotatable bonds is 5. The molecular weight excluding hydrogens is 360 g/mol. The molecule has 1 N–H and O–H groups in total. The lowest BCUT2D eigenvalue weighted by Gasteiger charge is -2.31. The van der Waals surface area contributed by atoms with E-state index in [0.29, 0.717) is 6.61 Å². The molecule has 1 aliphatic heterocycles. The second-order valence-electron chi connectivity index (χ2n) is 7.23. The minimum absolute atomic E-state index is 0.127. The maximum Gasteiger partial charge on any atom is 0.222 e. The Morgan fingerprint density at radius 1 is 0.862 bits per heavy atom. The van der Waals surface area contributed by atoms with Crippen LogP contribution in [-0.4, -0.2) is 14.8 Å². The van der Waals surface area contributed by atoms with Gasteiger partial charge in [-0.1, -0.05) is 72.8 Å². The second-order valence-corrected chi connectivity index (χ2v) is 7.23. The van der Waals surface area contributed by atoms with Crippen molar-refractivity contribution < 1.29 is 4.74 Å². The fourth-order valence-corrected chi connectivity index (χ4v) is 3.83. The molecule has 0 aliphatic carbocycles. The first-order valence-corrected chi connectivity index (χ1v) is 9.84. The number of hydrogen-bond donors (Lipinski definition) is 1. The smallest absolute Gasteiger partial charge is 0.222 e. The molecule has 3 aromatic carbocycles. The summed E-state index contributed by atoms with van der Waals surface area (Å²) < 4.78 is 7.90. The van der Waals surface area contributed by atoms with Crippen molar-refractivity contribution in [3.63, 3.8) is 0 Å². The molecule has 5 heteroatoms. The maximum atomic E-state index is 5.93. The molecule has 29 heavy (non-hydrogen) atoms. The van der Waals surface area contributed by atoms with Gasteiger partial charge in [-0.15, -0.1) is 0 Å². The van der Waals surface area contributed by atoms with E-state index < -0.39 is 0 Å². The Morgan fingerprint density at radius 2 is 1.59 bits per heavy atom. The Balaban J connectivity index is 1.35. The van der Waals surface area contributed by atoms with Gasteiger partial charge in [0.25, 0.3) is 0 Å². The Bertz CT molecular complexity index is 1060. The van der Waals surface area contributed by atoms with Gasteiger partial charge in [0.15, 0.2) is 0 Å². The molecule has 0 radical (unpaired) electrons. The minimum atomic E-state index is 0.127. The average Bonchev–Trinajstić information content (AvgIpc) is 3.28. The minimum Gasteiger partial charge on any atom is -0.489 e. The van der Waals surface area contributed by atoms with Crippen LogP contribution in [0.1, 0.15) is 35.2 Å². The summed E-state index contributed by atoms with van der Waals surface area (Å²) in [6, 6.07) is 29.4. The zero-order valence-corrected chi connectivity index (χ0v) is 16.0. The lowest BCUT2D eigenvalue weighted by atomic mass is 9.93. The maximum absolute atomic E-state index is 5.93. The predicted molar refractivity (Wildman–Crippen MR) is 113 cm³/mol. The van der Waals surface area contributed by atoms with E-state index in [9.17, 15) is 0 Å². The first kappa shape index (κ1) is 17.5. The molecule has 0 saturated heterocycles. The molecule has 0 saturated carbocycles. The summed E-state index contributed by atoms with van der Waals surface area (Å²) in [4.78, 5) is 4.40. The van der Waals surface area contributed by atoms with Gasteiger partial charge in [0.05, 0.1) is 12.1 Å². The topological polar surface area (TPSA) is 52.0 Å². The van der Waals surface area contributed by atoms with Gasteiger partial charge >= 0.3 is 0 Å². The molecule has 2 heterocycles. The van der Waals surface area contributed by atoms with E-state index in [1.165, 1.54) is 11.1 Å². The van der Waals surface area contributed by atoms with E-state index in [1.54, 1.807) is 6.33 Å². The molecule has 0 bridgehead atoms. The van der Waals surface area contributed by atoms with Crippen LogP contribution in [0.4, 0.5) is 5.95 Å². The molecule has 0 fully saturated rings. The van der Waals surface area contributed by atoms with Crippen molar-refractivity contribution in [2.75, 3.05) is 5.32 Å². The molecule has 0 amide bonds. The third-order valence-electron chi connectivity index (χ3n) is 5.35. The van der Waals surface area contributed by atoms with Crippen LogP contribution in [0, 0.1) is 0 Å². The fourth-order valence-electron chi connectivity index (χ4n) is 3.83. The molecule has 4 aromatic rings. The van der Waals surface area contributed by atoms with Crippen molar-refractivity contribution in [2.24, 2.45) is 0 Å². The molecule has 144 valence electrons. The van der Waals surface area contributed by atoms with Crippen LogP contribution < -0.4 is 10.1 Å². The first-order valence-electron chi connectivity index (χ1n) is 9.84. The zero-order chi connectivity index (χ0) is 19.5. The van der Waals surface area contributed by atoms with E-state index >= 15 is 0 Å². The SMILES string of the molecule is c1ccc(COc2ccc(C3CC(c4ccccc4)Nc4ncnn43)cc2)cc1. The van der Waals surface area contributed by atoms with Crippen LogP contribution >= 0.6 is 0 Å². The van der Waals surface area contributed by atoms with Crippen LogP contribution in [0.5, 0.6) is 5.75 Å². The largest absolute Gasteiger partial charge is 0.489 e. The summed E-state index contributed by atoms with van der Waals surface area (Å²) in [5, 5.41) is 7.96. The highest BCUT2D eigenvalue weighted by molar-refractivity contribution is 5.39. The highest BCUT2D eigenvalue weighted by Gasteiger charge is 2.29. The number of aromatic nitrogens is 3. The van der Waals surface area contributed by atoms with Gasteiger partial charge in [0.1, 0.15) is 18.7 Å². The quantitative estimate of drug-likeness (QED) is 0.527. The molecule has 5 rings (SSSR count). The van der Waals surface area contributed by atoms with Crippen molar-refractivity contribution in [1.29, 1.82) is 0 Å². The number of fused-ring (bicyclic) bond motifs is 1. The first-order chi connectivity index (χ1) is 14.4. The van der Waals surface area contributed by atoms with Gasteiger partial charge in [-0.2, -0.15) is 10.1 Å². The van der Waals surface area contributed by atoms with Crippen molar-refractivity contribution >= 4 is 5.95 Å². The molecule has 2 unspecified atom stereocenters. The summed E-state index contributed by atoms with van der Waals surface area (Å²) in [6.07, 6.45) is 2.52. The molecule has 1 aromatic heterocycles. The molecular formula is C24H22N4O. The van der Waals surface area contributed by atoms with E-state index in [-0.39, 0.29) is 12.1 Å². The van der Waals surface area contributed by atoms with Crippen molar-refractivity contribution in [3.8, 4) is 5.75 Å². The van der Waals surface area contributed by atoms with E-state index in [2.05, 4.69) is 63.9 Å². The lowest BCUT2D eigenvalue weighted by Crippen LogP contribution is -2.28. The van der Waals surface area contributed by atoms with Crippen LogP contribution in [-0.2, 0) is 6.61 Å². The van der Waals surface area contributed by atoms with Crippen molar-refractivity contribution in [3.05, 3.63) is 108 Å². The van der Waals surface area contributed by atoms with Gasteiger partial charge in [0.2, 0.25) is 5.95 Å². The second kappa shape index (κ2) is 7.80. The molecule has 0 spiro atoms. The Morgan fingerprint density at radius 3 is 2.34 bits per heavy atom. The average molecular weight is 382 g/mol. The van der Waals surface area contributed by atoms with Gasteiger partial charge in [0, 0.05) is 0 Å². The Hall–Kier alpha value is -3.60. The number of ether oxygens (including phenoxy) is 1. The van der Waals surface area contributed by atoms with E-state index in [1.807, 2.05) is 41.1 Å². The van der Waals surface area contributed by atoms with Crippen LogP contribution in [0.3, 0.4) is 0 Å². The third kappa shape index (κ3) is 3.72. The summed E-state index contributed by atoms with van der Waals surface area (Å²) in [6.45, 7) is 0.566. The monoisotopic (exact) mass is 382 g/mol. The van der Waals surface area contributed by atoms with Gasteiger partial charge in [-0.05, 0) is 35.2 Å². The van der Waals surface area contributed by atoms with Gasteiger partial charge < -0.3 is 10.1 Å². The van der Waals surface area contributed by atoms with Crippen molar-refractivity contribution in [1.82, 2.24) is 14.8 Å². The molecule has 1 aliphatic rings. The Kier molecular flexibility index (Phi) is 4.70. The normalized spacial score (nSPS) is 17.9. The molecule has 2 atom stereocenters. The van der Waals surface area contributed by atoms with Crippen LogP contribution in [0.2, 0.25) is 0 Å².